The number of hydrogen-bond acceptors (Lipinski definition) is 3. The van der Waals surface area contributed by atoms with Crippen LogP contribution in [0.25, 0.3) is 5.57 Å². The molecule has 2 aliphatic carbocycles. The smallest absolute Gasteiger partial charge is 0.126 e. The lowest BCUT2D eigenvalue weighted by atomic mass is 9.85. The molecule has 1 heterocycles. The highest BCUT2D eigenvalue weighted by Crippen LogP contribution is 2.54. The molecule has 3 aliphatic rings. The van der Waals surface area contributed by atoms with Crippen molar-refractivity contribution in [3.05, 3.63) is 63.7 Å². The molecule has 1 fully saturated rings. The molecule has 2 aromatic rings. The van der Waals surface area contributed by atoms with Gasteiger partial charge in [-0.3, -0.25) is 4.90 Å². The Morgan fingerprint density at radius 2 is 1.72 bits per heavy atom. The van der Waals surface area contributed by atoms with Gasteiger partial charge in [0.25, 0.3) is 0 Å². The van der Waals surface area contributed by atoms with Gasteiger partial charge >= 0.3 is 0 Å². The number of methoxy groups -OCH3 is 1. The van der Waals surface area contributed by atoms with E-state index in [1.807, 2.05) is 7.11 Å². The minimum atomic E-state index is 0.545. The van der Waals surface area contributed by atoms with E-state index in [9.17, 15) is 0 Å². The first-order valence-corrected chi connectivity index (χ1v) is 12.5. The van der Waals surface area contributed by atoms with E-state index >= 15 is 0 Å². The largest absolute Gasteiger partial charge is 0.496 e. The molecular weight excluding hydrogens is 392 g/mol. The maximum absolute atomic E-state index is 6.00. The van der Waals surface area contributed by atoms with Crippen molar-refractivity contribution in [3.63, 3.8) is 0 Å². The Labute approximate surface area is 194 Å². The van der Waals surface area contributed by atoms with Crippen molar-refractivity contribution in [2.45, 2.75) is 58.8 Å². The van der Waals surface area contributed by atoms with Gasteiger partial charge in [-0.25, -0.2) is 0 Å². The van der Waals surface area contributed by atoms with E-state index in [1.54, 1.807) is 11.1 Å². The Kier molecular flexibility index (Phi) is 6.03. The van der Waals surface area contributed by atoms with Crippen LogP contribution in [0.2, 0.25) is 0 Å². The third-order valence-electron chi connectivity index (χ3n) is 7.96. The number of hydrogen-bond donors (Lipinski definition) is 0. The van der Waals surface area contributed by atoms with Gasteiger partial charge in [0.05, 0.1) is 7.11 Å². The third kappa shape index (κ3) is 3.85. The highest BCUT2D eigenvalue weighted by atomic mass is 16.5. The highest BCUT2D eigenvalue weighted by molar-refractivity contribution is 5.83. The molecule has 3 heteroatoms. The van der Waals surface area contributed by atoms with Crippen LogP contribution >= 0.6 is 0 Å². The molecule has 0 amide bonds. The number of fused-ring (bicyclic) bond motifs is 2. The lowest BCUT2D eigenvalue weighted by Crippen LogP contribution is -2.46. The average Bonchev–Trinajstić information content (AvgIpc) is 3.13. The van der Waals surface area contributed by atoms with E-state index < -0.39 is 0 Å². The summed E-state index contributed by atoms with van der Waals surface area (Å²) in [5, 5.41) is 0. The molecule has 0 aromatic heterocycles. The maximum atomic E-state index is 6.00. The zero-order valence-corrected chi connectivity index (χ0v) is 20.3. The minimum Gasteiger partial charge on any atom is -0.496 e. The summed E-state index contributed by atoms with van der Waals surface area (Å²) in [6.07, 6.45) is 6.43. The Hall–Kier alpha value is -2.26. The van der Waals surface area contributed by atoms with Crippen LogP contribution in [0.1, 0.15) is 65.8 Å². The SMILES string of the molecule is COc1c(C)cc(C)c2c1C(CCN1CCN(c3cccc(C)c3)CC1)C1=C2CCCC1. The lowest BCUT2D eigenvalue weighted by molar-refractivity contribution is 0.250. The first-order chi connectivity index (χ1) is 15.6. The van der Waals surface area contributed by atoms with Crippen molar-refractivity contribution in [3.8, 4) is 5.75 Å². The van der Waals surface area contributed by atoms with Gasteiger partial charge in [-0.05, 0) is 99.4 Å². The van der Waals surface area contributed by atoms with Crippen LogP contribution in [0, 0.1) is 20.8 Å². The van der Waals surface area contributed by atoms with Gasteiger partial charge in [0.2, 0.25) is 0 Å². The molecule has 1 atom stereocenters. The van der Waals surface area contributed by atoms with Crippen molar-refractivity contribution in [1.29, 1.82) is 0 Å². The number of rotatable bonds is 5. The molecule has 0 spiro atoms. The van der Waals surface area contributed by atoms with E-state index in [-0.39, 0.29) is 0 Å². The molecule has 0 radical (unpaired) electrons. The predicted molar refractivity (Wildman–Crippen MR) is 135 cm³/mol. The van der Waals surface area contributed by atoms with E-state index in [4.69, 9.17) is 4.74 Å². The maximum Gasteiger partial charge on any atom is 0.126 e. The average molecular weight is 431 g/mol. The molecule has 1 unspecified atom stereocenters. The topological polar surface area (TPSA) is 15.7 Å². The van der Waals surface area contributed by atoms with Gasteiger partial charge in [-0.2, -0.15) is 0 Å². The van der Waals surface area contributed by atoms with Gasteiger partial charge in [0.1, 0.15) is 5.75 Å². The summed E-state index contributed by atoms with van der Waals surface area (Å²) >= 11 is 0. The van der Waals surface area contributed by atoms with Crippen molar-refractivity contribution < 1.29 is 4.74 Å². The Morgan fingerprint density at radius 1 is 0.938 bits per heavy atom. The second-order valence-electron chi connectivity index (χ2n) is 10.1. The van der Waals surface area contributed by atoms with Crippen LogP contribution < -0.4 is 9.64 Å². The van der Waals surface area contributed by atoms with Crippen molar-refractivity contribution in [2.75, 3.05) is 44.7 Å². The van der Waals surface area contributed by atoms with Gasteiger partial charge in [0.15, 0.2) is 0 Å². The third-order valence-corrected chi connectivity index (χ3v) is 7.96. The Morgan fingerprint density at radius 3 is 2.47 bits per heavy atom. The summed E-state index contributed by atoms with van der Waals surface area (Å²) in [4.78, 5) is 5.23. The number of piperazine rings is 1. The fraction of sp³-hybridized carbons (Fsp3) is 0.517. The predicted octanol–water partition coefficient (Wildman–Crippen LogP) is 6.26. The number of ether oxygens (including phenoxy) is 1. The van der Waals surface area contributed by atoms with Crippen LogP contribution in [-0.4, -0.2) is 44.7 Å². The first kappa shape index (κ1) is 21.6. The zero-order chi connectivity index (χ0) is 22.2. The van der Waals surface area contributed by atoms with Gasteiger partial charge < -0.3 is 9.64 Å². The van der Waals surface area contributed by atoms with Crippen molar-refractivity contribution >= 4 is 11.3 Å². The standard InChI is InChI=1S/C29H38N2O/c1-20-8-7-9-23(18-20)31-16-14-30(15-17-31)13-12-26-24-10-5-6-11-25(24)27-21(2)19-22(3)29(32-4)28(26)27/h7-9,18-19,26H,5-6,10-17H2,1-4H3. The summed E-state index contributed by atoms with van der Waals surface area (Å²) in [6.45, 7) is 12.4. The fourth-order valence-electron chi connectivity index (χ4n) is 6.46. The van der Waals surface area contributed by atoms with Crippen LogP contribution in [0.15, 0.2) is 35.9 Å². The molecule has 1 aliphatic heterocycles. The van der Waals surface area contributed by atoms with Crippen LogP contribution in [0.5, 0.6) is 5.75 Å². The summed E-state index contributed by atoms with van der Waals surface area (Å²) in [6, 6.07) is 11.3. The second kappa shape index (κ2) is 8.94. The van der Waals surface area contributed by atoms with Crippen molar-refractivity contribution in [2.24, 2.45) is 0 Å². The summed E-state index contributed by atoms with van der Waals surface area (Å²) in [5.41, 5.74) is 11.9. The number of anilines is 1. The molecule has 5 rings (SSSR count). The van der Waals surface area contributed by atoms with Gasteiger partial charge in [-0.15, -0.1) is 0 Å². The lowest BCUT2D eigenvalue weighted by Gasteiger charge is -2.37. The minimum absolute atomic E-state index is 0.545. The quantitative estimate of drug-likeness (QED) is 0.557. The summed E-state index contributed by atoms with van der Waals surface area (Å²) < 4.78 is 6.00. The number of allylic oxidation sites excluding steroid dienone is 2. The Balaban J connectivity index is 1.32. The first-order valence-electron chi connectivity index (χ1n) is 12.5. The molecule has 32 heavy (non-hydrogen) atoms. The summed E-state index contributed by atoms with van der Waals surface area (Å²) in [5.74, 6) is 1.69. The second-order valence-corrected chi connectivity index (χ2v) is 10.1. The van der Waals surface area contributed by atoms with Gasteiger partial charge in [-0.1, -0.05) is 23.8 Å². The zero-order valence-electron chi connectivity index (χ0n) is 20.3. The number of aryl methyl sites for hydroxylation is 3. The van der Waals surface area contributed by atoms with Crippen LogP contribution in [0.3, 0.4) is 0 Å². The van der Waals surface area contributed by atoms with Crippen LogP contribution in [0.4, 0.5) is 5.69 Å². The number of nitrogens with zero attached hydrogens (tertiary/aromatic N) is 2. The van der Waals surface area contributed by atoms with Crippen LogP contribution in [-0.2, 0) is 0 Å². The number of benzene rings is 2. The molecule has 0 N–H and O–H groups in total. The molecule has 0 saturated carbocycles. The van der Waals surface area contributed by atoms with E-state index in [0.717, 1.165) is 31.9 Å². The molecule has 0 bridgehead atoms. The van der Waals surface area contributed by atoms with Crippen molar-refractivity contribution in [1.82, 2.24) is 4.90 Å². The highest BCUT2D eigenvalue weighted by Gasteiger charge is 2.36. The monoisotopic (exact) mass is 430 g/mol. The molecule has 170 valence electrons. The molecule has 2 aromatic carbocycles. The molecule has 3 nitrogen and oxygen atoms in total. The van der Waals surface area contributed by atoms with E-state index in [1.165, 1.54) is 72.2 Å². The Bertz CT molecular complexity index is 1030. The fourth-order valence-corrected chi connectivity index (χ4v) is 6.46. The van der Waals surface area contributed by atoms with E-state index in [2.05, 4.69) is 60.9 Å². The normalized spacial score (nSPS) is 21.0. The van der Waals surface area contributed by atoms with E-state index in [0.29, 0.717) is 5.92 Å². The van der Waals surface area contributed by atoms with Gasteiger partial charge in [0, 0.05) is 43.3 Å². The molecular formula is C29H38N2O. The molecule has 1 saturated heterocycles. The summed E-state index contributed by atoms with van der Waals surface area (Å²) in [7, 11) is 1.86.